The average molecular weight is 330 g/mol. The molecule has 6 nitrogen and oxygen atoms in total. The van der Waals surface area contributed by atoms with Crippen molar-refractivity contribution in [2.75, 3.05) is 7.11 Å². The topological polar surface area (TPSA) is 75.7 Å². The van der Waals surface area contributed by atoms with Gasteiger partial charge in [0.05, 0.1) is 19.2 Å². The van der Waals surface area contributed by atoms with E-state index in [-0.39, 0.29) is 24.4 Å². The van der Waals surface area contributed by atoms with Crippen molar-refractivity contribution in [2.45, 2.75) is 44.7 Å². The summed E-state index contributed by atoms with van der Waals surface area (Å²) in [6.45, 7) is 2.18. The number of amides is 3. The minimum absolute atomic E-state index is 0.133. The van der Waals surface area contributed by atoms with E-state index >= 15 is 0 Å². The third-order valence-corrected chi connectivity index (χ3v) is 5.19. The molecule has 1 N–H and O–H groups in total. The number of imide groups is 1. The van der Waals surface area contributed by atoms with Crippen LogP contribution in [0.15, 0.2) is 24.3 Å². The maximum Gasteiger partial charge on any atom is 0.337 e. The van der Waals surface area contributed by atoms with Crippen molar-refractivity contribution < 1.29 is 19.1 Å². The number of carbonyl (C=O) groups excluding carboxylic acids is 3. The SMILES string of the molecule is COC(=O)c1cccc(CN2C(=O)NC3(CCCCC3C)C2=O)c1. The van der Waals surface area contributed by atoms with E-state index in [2.05, 4.69) is 5.32 Å². The number of esters is 1. The Hall–Kier alpha value is -2.37. The van der Waals surface area contributed by atoms with Gasteiger partial charge in [-0.2, -0.15) is 0 Å². The Labute approximate surface area is 141 Å². The molecule has 3 amide bonds. The highest BCUT2D eigenvalue weighted by Gasteiger charge is 2.54. The molecule has 1 aromatic carbocycles. The van der Waals surface area contributed by atoms with Gasteiger partial charge < -0.3 is 10.1 Å². The number of methoxy groups -OCH3 is 1. The molecular weight excluding hydrogens is 308 g/mol. The fourth-order valence-electron chi connectivity index (χ4n) is 3.74. The summed E-state index contributed by atoms with van der Waals surface area (Å²) >= 11 is 0. The molecule has 0 aromatic heterocycles. The van der Waals surface area contributed by atoms with Gasteiger partial charge >= 0.3 is 12.0 Å². The zero-order chi connectivity index (χ0) is 17.3. The first-order chi connectivity index (χ1) is 11.5. The van der Waals surface area contributed by atoms with E-state index in [1.54, 1.807) is 24.3 Å². The molecule has 1 spiro atoms. The largest absolute Gasteiger partial charge is 0.465 e. The number of hydrogen-bond acceptors (Lipinski definition) is 4. The first-order valence-electron chi connectivity index (χ1n) is 8.29. The van der Waals surface area contributed by atoms with E-state index in [4.69, 9.17) is 4.74 Å². The predicted octanol–water partition coefficient (Wildman–Crippen LogP) is 2.47. The molecule has 1 aliphatic heterocycles. The average Bonchev–Trinajstić information content (AvgIpc) is 2.82. The molecule has 2 aliphatic rings. The van der Waals surface area contributed by atoms with Crippen LogP contribution in [0.5, 0.6) is 0 Å². The molecular formula is C18H22N2O4. The normalized spacial score (nSPS) is 26.6. The van der Waals surface area contributed by atoms with Crippen LogP contribution in [0.4, 0.5) is 4.79 Å². The van der Waals surface area contributed by atoms with E-state index in [0.29, 0.717) is 12.0 Å². The van der Waals surface area contributed by atoms with Crippen molar-refractivity contribution in [3.63, 3.8) is 0 Å². The Balaban J connectivity index is 1.82. The van der Waals surface area contributed by atoms with E-state index in [1.165, 1.54) is 12.0 Å². The van der Waals surface area contributed by atoms with Crippen molar-refractivity contribution in [1.82, 2.24) is 10.2 Å². The Morgan fingerprint density at radius 3 is 2.88 bits per heavy atom. The summed E-state index contributed by atoms with van der Waals surface area (Å²) in [4.78, 5) is 38.2. The Bertz CT molecular complexity index is 687. The summed E-state index contributed by atoms with van der Waals surface area (Å²) in [7, 11) is 1.32. The zero-order valence-electron chi connectivity index (χ0n) is 14.0. The van der Waals surface area contributed by atoms with Crippen LogP contribution in [0.1, 0.15) is 48.5 Å². The summed E-state index contributed by atoms with van der Waals surface area (Å²) in [5.74, 6) is -0.455. The van der Waals surface area contributed by atoms with Gasteiger partial charge in [-0.15, -0.1) is 0 Å². The molecule has 1 aromatic rings. The van der Waals surface area contributed by atoms with Crippen LogP contribution >= 0.6 is 0 Å². The second-order valence-corrected chi connectivity index (χ2v) is 6.63. The number of nitrogens with zero attached hydrogens (tertiary/aromatic N) is 1. The highest BCUT2D eigenvalue weighted by Crippen LogP contribution is 2.38. The number of hydrogen-bond donors (Lipinski definition) is 1. The molecule has 2 atom stereocenters. The van der Waals surface area contributed by atoms with Crippen molar-refractivity contribution in [3.05, 3.63) is 35.4 Å². The Morgan fingerprint density at radius 2 is 2.17 bits per heavy atom. The molecule has 1 aliphatic carbocycles. The maximum atomic E-state index is 12.9. The minimum Gasteiger partial charge on any atom is -0.465 e. The standard InChI is InChI=1S/C18H22N2O4/c1-12-6-3-4-9-18(12)16(22)20(17(23)19-18)11-13-7-5-8-14(10-13)15(21)24-2/h5,7-8,10,12H,3-4,6,9,11H2,1-2H3,(H,19,23). The number of benzene rings is 1. The van der Waals surface area contributed by atoms with Gasteiger partial charge in [0.25, 0.3) is 5.91 Å². The van der Waals surface area contributed by atoms with Crippen LogP contribution in [-0.4, -0.2) is 35.5 Å². The lowest BCUT2D eigenvalue weighted by molar-refractivity contribution is -0.134. The number of carbonyl (C=O) groups is 3. The van der Waals surface area contributed by atoms with Gasteiger partial charge in [0.1, 0.15) is 5.54 Å². The van der Waals surface area contributed by atoms with Crippen LogP contribution in [0.25, 0.3) is 0 Å². The van der Waals surface area contributed by atoms with E-state index in [1.807, 2.05) is 6.92 Å². The molecule has 2 fully saturated rings. The summed E-state index contributed by atoms with van der Waals surface area (Å²) in [6.07, 6.45) is 3.67. The van der Waals surface area contributed by atoms with Crippen LogP contribution in [0, 0.1) is 5.92 Å². The van der Waals surface area contributed by atoms with Crippen molar-refractivity contribution in [2.24, 2.45) is 5.92 Å². The van der Waals surface area contributed by atoms with Gasteiger partial charge in [0, 0.05) is 0 Å². The molecule has 24 heavy (non-hydrogen) atoms. The molecule has 1 saturated heterocycles. The first kappa shape index (κ1) is 16.5. The lowest BCUT2D eigenvalue weighted by Crippen LogP contribution is -2.53. The molecule has 128 valence electrons. The third-order valence-electron chi connectivity index (χ3n) is 5.19. The van der Waals surface area contributed by atoms with Gasteiger partial charge in [-0.3, -0.25) is 9.69 Å². The molecule has 1 saturated carbocycles. The lowest BCUT2D eigenvalue weighted by Gasteiger charge is -2.36. The van der Waals surface area contributed by atoms with Crippen molar-refractivity contribution in [3.8, 4) is 0 Å². The first-order valence-corrected chi connectivity index (χ1v) is 8.29. The van der Waals surface area contributed by atoms with Crippen LogP contribution in [0.2, 0.25) is 0 Å². The molecule has 0 bridgehead atoms. The highest BCUT2D eigenvalue weighted by atomic mass is 16.5. The van der Waals surface area contributed by atoms with Crippen LogP contribution in [-0.2, 0) is 16.1 Å². The highest BCUT2D eigenvalue weighted by molar-refractivity contribution is 6.07. The van der Waals surface area contributed by atoms with Crippen molar-refractivity contribution in [1.29, 1.82) is 0 Å². The minimum atomic E-state index is -0.755. The number of ether oxygens (including phenoxy) is 1. The fraction of sp³-hybridized carbons (Fsp3) is 0.500. The number of urea groups is 1. The second kappa shape index (κ2) is 6.26. The smallest absolute Gasteiger partial charge is 0.337 e. The van der Waals surface area contributed by atoms with Gasteiger partial charge in [-0.25, -0.2) is 9.59 Å². The van der Waals surface area contributed by atoms with E-state index in [9.17, 15) is 14.4 Å². The molecule has 0 radical (unpaired) electrons. The summed E-state index contributed by atoms with van der Waals surface area (Å²) in [5.41, 5.74) is 0.375. The van der Waals surface area contributed by atoms with Gasteiger partial charge in [0.15, 0.2) is 0 Å². The van der Waals surface area contributed by atoms with Gasteiger partial charge in [-0.1, -0.05) is 31.9 Å². The van der Waals surface area contributed by atoms with E-state index in [0.717, 1.165) is 24.8 Å². The van der Waals surface area contributed by atoms with Crippen LogP contribution < -0.4 is 5.32 Å². The maximum absolute atomic E-state index is 12.9. The Morgan fingerprint density at radius 1 is 1.38 bits per heavy atom. The molecule has 6 heteroatoms. The molecule has 1 heterocycles. The number of nitrogens with one attached hydrogen (secondary N) is 1. The van der Waals surface area contributed by atoms with Crippen LogP contribution in [0.3, 0.4) is 0 Å². The Kier molecular flexibility index (Phi) is 4.30. The summed E-state index contributed by atoms with van der Waals surface area (Å²) < 4.78 is 4.71. The van der Waals surface area contributed by atoms with Gasteiger partial charge in [0.2, 0.25) is 0 Å². The number of rotatable bonds is 3. The molecule has 2 unspecified atom stereocenters. The van der Waals surface area contributed by atoms with Gasteiger partial charge in [-0.05, 0) is 36.5 Å². The van der Waals surface area contributed by atoms with E-state index < -0.39 is 11.5 Å². The zero-order valence-corrected chi connectivity index (χ0v) is 14.0. The summed E-state index contributed by atoms with van der Waals surface area (Å²) in [5, 5.41) is 2.93. The third kappa shape index (κ3) is 2.66. The van der Waals surface area contributed by atoms with Crippen molar-refractivity contribution >= 4 is 17.9 Å². The second-order valence-electron chi connectivity index (χ2n) is 6.63. The monoisotopic (exact) mass is 330 g/mol. The quantitative estimate of drug-likeness (QED) is 0.682. The molecule has 3 rings (SSSR count). The lowest BCUT2D eigenvalue weighted by atomic mass is 9.73. The predicted molar refractivity (Wildman–Crippen MR) is 87.2 cm³/mol. The summed E-state index contributed by atoms with van der Waals surface area (Å²) in [6, 6.07) is 6.46. The fourth-order valence-corrected chi connectivity index (χ4v) is 3.74.